The summed E-state index contributed by atoms with van der Waals surface area (Å²) in [5.41, 5.74) is -0.794. The van der Waals surface area contributed by atoms with Gasteiger partial charge in [-0.3, -0.25) is 4.79 Å². The van der Waals surface area contributed by atoms with E-state index >= 15 is 0 Å². The highest BCUT2D eigenvalue weighted by molar-refractivity contribution is 5.80. The Morgan fingerprint density at radius 3 is 2.00 bits per heavy atom. The Balaban J connectivity index is 1.73. The van der Waals surface area contributed by atoms with Gasteiger partial charge < -0.3 is 10.0 Å². The average Bonchev–Trinajstić information content (AvgIpc) is 2.33. The minimum Gasteiger partial charge on any atom is -0.389 e. The van der Waals surface area contributed by atoms with Gasteiger partial charge in [0.1, 0.15) is 0 Å². The summed E-state index contributed by atoms with van der Waals surface area (Å²) < 4.78 is 0. The lowest BCUT2D eigenvalue weighted by atomic mass is 9.51. The van der Waals surface area contributed by atoms with E-state index in [1.54, 1.807) is 13.8 Å². The van der Waals surface area contributed by atoms with Crippen LogP contribution in [0.4, 0.5) is 0 Å². The average molecular weight is 279 g/mol. The lowest BCUT2D eigenvalue weighted by molar-refractivity contribution is -0.151. The molecule has 4 rings (SSSR count). The molecular weight excluding hydrogens is 250 g/mol. The van der Waals surface area contributed by atoms with Gasteiger partial charge in [-0.15, -0.1) is 0 Å². The zero-order valence-corrected chi connectivity index (χ0v) is 13.1. The van der Waals surface area contributed by atoms with Crippen molar-refractivity contribution >= 4 is 5.91 Å². The summed E-state index contributed by atoms with van der Waals surface area (Å²) in [6.07, 6.45) is 6.55. The molecule has 1 N–H and O–H groups in total. The molecule has 4 aliphatic carbocycles. The smallest absolute Gasteiger partial charge is 0.226 e. The van der Waals surface area contributed by atoms with Crippen LogP contribution in [-0.2, 0) is 4.79 Å². The molecule has 0 saturated heterocycles. The second-order valence-corrected chi connectivity index (χ2v) is 8.12. The molecule has 3 nitrogen and oxygen atoms in total. The van der Waals surface area contributed by atoms with Gasteiger partial charge in [-0.1, -0.05) is 0 Å². The maximum Gasteiger partial charge on any atom is 0.226 e. The van der Waals surface area contributed by atoms with Crippen LogP contribution in [0.5, 0.6) is 0 Å². The number of likely N-dealkylation sites (N-methyl/N-ethyl adjacent to an activating group) is 1. The molecule has 0 aliphatic heterocycles. The van der Waals surface area contributed by atoms with Crippen LogP contribution in [-0.4, -0.2) is 34.6 Å². The molecule has 4 aliphatic rings. The van der Waals surface area contributed by atoms with Gasteiger partial charge in [0.2, 0.25) is 5.91 Å². The molecule has 0 radical (unpaired) electrons. The highest BCUT2D eigenvalue weighted by Crippen LogP contribution is 2.56. The zero-order chi connectivity index (χ0) is 14.5. The summed E-state index contributed by atoms with van der Waals surface area (Å²) in [6, 6.07) is 0. The molecule has 0 atom stereocenters. The van der Waals surface area contributed by atoms with Gasteiger partial charge in [0.05, 0.1) is 5.60 Å². The maximum absolute atomic E-state index is 13.0. The van der Waals surface area contributed by atoms with Gasteiger partial charge in [-0.25, -0.2) is 0 Å². The van der Waals surface area contributed by atoms with Crippen LogP contribution in [0.1, 0.15) is 52.9 Å². The number of hydrogen-bond donors (Lipinski definition) is 1. The Kier molecular flexibility index (Phi) is 3.60. The maximum atomic E-state index is 13.0. The van der Waals surface area contributed by atoms with Crippen LogP contribution in [0, 0.1) is 29.6 Å². The van der Waals surface area contributed by atoms with Crippen LogP contribution >= 0.6 is 0 Å². The molecule has 4 saturated carbocycles. The normalized spacial score (nSPS) is 39.1. The predicted molar refractivity (Wildman–Crippen MR) is 79.1 cm³/mol. The molecule has 0 unspecified atom stereocenters. The zero-order valence-electron chi connectivity index (χ0n) is 13.1. The van der Waals surface area contributed by atoms with E-state index < -0.39 is 5.60 Å². The molecular formula is C17H29NO2. The minimum absolute atomic E-state index is 0.255. The van der Waals surface area contributed by atoms with Crippen LogP contribution in [0.15, 0.2) is 0 Å². The fourth-order valence-electron chi connectivity index (χ4n) is 5.35. The van der Waals surface area contributed by atoms with E-state index in [1.165, 1.54) is 32.1 Å². The molecule has 20 heavy (non-hydrogen) atoms. The molecule has 0 aromatic rings. The van der Waals surface area contributed by atoms with Gasteiger partial charge in [0.15, 0.2) is 0 Å². The summed E-state index contributed by atoms with van der Waals surface area (Å²) in [5, 5.41) is 10.0. The second kappa shape index (κ2) is 5.01. The summed E-state index contributed by atoms with van der Waals surface area (Å²) in [6.45, 7) is 6.79. The SMILES string of the molecule is CCN(CC(C)(C)O)C(=O)C1C2CC3CC(C2)CC1C3. The van der Waals surface area contributed by atoms with E-state index in [1.807, 2.05) is 11.8 Å². The van der Waals surface area contributed by atoms with Crippen LogP contribution < -0.4 is 0 Å². The van der Waals surface area contributed by atoms with Crippen molar-refractivity contribution in [2.24, 2.45) is 29.6 Å². The van der Waals surface area contributed by atoms with Crippen LogP contribution in [0.3, 0.4) is 0 Å². The van der Waals surface area contributed by atoms with E-state index in [0.29, 0.717) is 30.8 Å². The molecule has 0 aromatic carbocycles. The van der Waals surface area contributed by atoms with Gasteiger partial charge in [-0.05, 0) is 76.5 Å². The Morgan fingerprint density at radius 1 is 1.10 bits per heavy atom. The van der Waals surface area contributed by atoms with Gasteiger partial charge in [0, 0.05) is 19.0 Å². The Bertz CT molecular complexity index is 357. The van der Waals surface area contributed by atoms with Crippen molar-refractivity contribution in [3.8, 4) is 0 Å². The first-order chi connectivity index (χ1) is 9.37. The highest BCUT2D eigenvalue weighted by atomic mass is 16.3. The fourth-order valence-corrected chi connectivity index (χ4v) is 5.35. The third-order valence-corrected chi connectivity index (χ3v) is 5.78. The lowest BCUT2D eigenvalue weighted by Gasteiger charge is -2.54. The van der Waals surface area contributed by atoms with E-state index in [2.05, 4.69) is 0 Å². The first-order valence-corrected chi connectivity index (χ1v) is 8.38. The monoisotopic (exact) mass is 279 g/mol. The van der Waals surface area contributed by atoms with Crippen molar-refractivity contribution < 1.29 is 9.90 Å². The van der Waals surface area contributed by atoms with Crippen LogP contribution in [0.25, 0.3) is 0 Å². The van der Waals surface area contributed by atoms with Gasteiger partial charge >= 0.3 is 0 Å². The van der Waals surface area contributed by atoms with Crippen LogP contribution in [0.2, 0.25) is 0 Å². The summed E-state index contributed by atoms with van der Waals surface area (Å²) in [5.74, 6) is 3.66. The number of hydrogen-bond acceptors (Lipinski definition) is 2. The number of amides is 1. The van der Waals surface area contributed by atoms with Gasteiger partial charge in [-0.2, -0.15) is 0 Å². The van der Waals surface area contributed by atoms with E-state index in [0.717, 1.165) is 11.8 Å². The minimum atomic E-state index is -0.794. The summed E-state index contributed by atoms with van der Waals surface area (Å²) in [4.78, 5) is 14.9. The summed E-state index contributed by atoms with van der Waals surface area (Å²) in [7, 11) is 0. The van der Waals surface area contributed by atoms with Gasteiger partial charge in [0.25, 0.3) is 0 Å². The highest BCUT2D eigenvalue weighted by Gasteiger charge is 2.51. The number of rotatable bonds is 4. The Labute approximate surface area is 122 Å². The lowest BCUT2D eigenvalue weighted by Crippen LogP contribution is -2.53. The molecule has 114 valence electrons. The molecule has 0 aromatic heterocycles. The molecule has 0 heterocycles. The van der Waals surface area contributed by atoms with Crippen molar-refractivity contribution in [2.75, 3.05) is 13.1 Å². The van der Waals surface area contributed by atoms with Crippen molar-refractivity contribution in [3.05, 3.63) is 0 Å². The predicted octanol–water partition coefficient (Wildman–Crippen LogP) is 2.68. The van der Waals surface area contributed by atoms with Crippen molar-refractivity contribution in [1.82, 2.24) is 4.90 Å². The van der Waals surface area contributed by atoms with Crippen molar-refractivity contribution in [1.29, 1.82) is 0 Å². The topological polar surface area (TPSA) is 40.5 Å². The third kappa shape index (κ3) is 2.61. The van der Waals surface area contributed by atoms with E-state index in [4.69, 9.17) is 0 Å². The third-order valence-electron chi connectivity index (χ3n) is 5.78. The van der Waals surface area contributed by atoms with Crippen molar-refractivity contribution in [2.45, 2.75) is 58.5 Å². The first-order valence-electron chi connectivity index (χ1n) is 8.38. The Morgan fingerprint density at radius 2 is 1.60 bits per heavy atom. The number of carbonyl (C=O) groups excluding carboxylic acids is 1. The standard InChI is InChI=1S/C17H29NO2/c1-4-18(10-17(2,3)20)16(19)15-13-6-11-5-12(8-13)9-14(15)7-11/h11-15,20H,4-10H2,1-3H3. The fraction of sp³-hybridized carbons (Fsp3) is 0.941. The largest absolute Gasteiger partial charge is 0.389 e. The number of aliphatic hydroxyl groups is 1. The Hall–Kier alpha value is -0.570. The molecule has 1 amide bonds. The number of carbonyl (C=O) groups is 1. The van der Waals surface area contributed by atoms with E-state index in [-0.39, 0.29) is 5.92 Å². The molecule has 0 spiro atoms. The van der Waals surface area contributed by atoms with E-state index in [9.17, 15) is 9.90 Å². The van der Waals surface area contributed by atoms with Crippen molar-refractivity contribution in [3.63, 3.8) is 0 Å². The molecule has 3 heteroatoms. The number of nitrogens with zero attached hydrogens (tertiary/aromatic N) is 1. The molecule has 4 bridgehead atoms. The summed E-state index contributed by atoms with van der Waals surface area (Å²) >= 11 is 0. The second-order valence-electron chi connectivity index (χ2n) is 8.12. The quantitative estimate of drug-likeness (QED) is 0.859. The molecule has 4 fully saturated rings. The first kappa shape index (κ1) is 14.4.